The Labute approximate surface area is 123 Å². The van der Waals surface area contributed by atoms with Gasteiger partial charge in [0.15, 0.2) is 0 Å². The van der Waals surface area contributed by atoms with Crippen LogP contribution in [-0.2, 0) is 0 Å². The summed E-state index contributed by atoms with van der Waals surface area (Å²) in [7, 11) is 0. The number of carbonyl (C=O) groups excluding carboxylic acids is 1. The topological polar surface area (TPSA) is 55.1 Å². The Balaban J connectivity index is 2.06. The number of hydrogen-bond acceptors (Lipinski definition) is 3. The van der Waals surface area contributed by atoms with E-state index in [0.717, 1.165) is 24.0 Å². The molecule has 0 radical (unpaired) electrons. The van der Waals surface area contributed by atoms with E-state index in [4.69, 9.17) is 18.0 Å². The summed E-state index contributed by atoms with van der Waals surface area (Å²) in [6, 6.07) is -0.165. The van der Waals surface area contributed by atoms with Crippen LogP contribution in [0.3, 0.4) is 0 Å². The summed E-state index contributed by atoms with van der Waals surface area (Å²) < 4.78 is 0. The van der Waals surface area contributed by atoms with E-state index in [1.54, 1.807) is 11.3 Å². The highest BCUT2D eigenvalue weighted by Crippen LogP contribution is 2.27. The van der Waals surface area contributed by atoms with Crippen molar-refractivity contribution in [2.45, 2.75) is 45.1 Å². The fraction of sp³-hybridized carbons (Fsp3) is 0.571. The van der Waals surface area contributed by atoms with Gasteiger partial charge in [-0.3, -0.25) is 4.79 Å². The lowest BCUT2D eigenvalue weighted by Crippen LogP contribution is -2.48. The molecule has 19 heavy (non-hydrogen) atoms. The summed E-state index contributed by atoms with van der Waals surface area (Å²) in [6.07, 6.45) is 5.89. The summed E-state index contributed by atoms with van der Waals surface area (Å²) in [6.45, 7) is 1.95. The van der Waals surface area contributed by atoms with Gasteiger partial charge in [-0.25, -0.2) is 0 Å². The molecule has 3 N–H and O–H groups in total. The van der Waals surface area contributed by atoms with Crippen LogP contribution in [-0.4, -0.2) is 16.9 Å². The van der Waals surface area contributed by atoms with Crippen molar-refractivity contribution < 1.29 is 4.79 Å². The Kier molecular flexibility index (Phi) is 4.93. The van der Waals surface area contributed by atoms with E-state index in [9.17, 15) is 4.79 Å². The zero-order valence-corrected chi connectivity index (χ0v) is 12.8. The highest BCUT2D eigenvalue weighted by atomic mass is 32.1. The van der Waals surface area contributed by atoms with Gasteiger partial charge in [-0.2, -0.15) is 11.3 Å². The largest absolute Gasteiger partial charge is 0.392 e. The molecule has 1 aromatic rings. The second kappa shape index (κ2) is 6.48. The standard InChI is InChI=1S/C14H20N2OS2/c1-9-7-19-8-11(9)14(17)16-12(13(15)18)10-5-3-2-4-6-10/h7-8,10,12H,2-6H2,1H3,(H2,15,18)(H,16,17). The molecule has 2 rings (SSSR count). The molecule has 1 heterocycles. The molecular weight excluding hydrogens is 276 g/mol. The van der Waals surface area contributed by atoms with Crippen LogP contribution in [0, 0.1) is 12.8 Å². The van der Waals surface area contributed by atoms with E-state index in [0.29, 0.717) is 10.9 Å². The minimum Gasteiger partial charge on any atom is -0.392 e. The van der Waals surface area contributed by atoms with Crippen LogP contribution < -0.4 is 11.1 Å². The molecule has 1 unspecified atom stereocenters. The van der Waals surface area contributed by atoms with E-state index >= 15 is 0 Å². The molecule has 1 fully saturated rings. The van der Waals surface area contributed by atoms with Gasteiger partial charge in [0.25, 0.3) is 5.91 Å². The van der Waals surface area contributed by atoms with Gasteiger partial charge in [0.05, 0.1) is 16.6 Å². The average molecular weight is 296 g/mol. The number of carbonyl (C=O) groups is 1. The summed E-state index contributed by atoms with van der Waals surface area (Å²) in [4.78, 5) is 12.7. The molecular formula is C14H20N2OS2. The van der Waals surface area contributed by atoms with E-state index in [1.165, 1.54) is 19.3 Å². The summed E-state index contributed by atoms with van der Waals surface area (Å²) >= 11 is 6.68. The maximum absolute atomic E-state index is 12.3. The third kappa shape index (κ3) is 3.54. The first kappa shape index (κ1) is 14.5. The minimum absolute atomic E-state index is 0.0536. The first-order chi connectivity index (χ1) is 9.09. The quantitative estimate of drug-likeness (QED) is 0.840. The third-order valence-corrected chi connectivity index (χ3v) is 4.93. The minimum atomic E-state index is -0.165. The number of rotatable bonds is 4. The maximum Gasteiger partial charge on any atom is 0.252 e. The van der Waals surface area contributed by atoms with Crippen molar-refractivity contribution in [3.05, 3.63) is 21.9 Å². The Hall–Kier alpha value is -0.940. The predicted octanol–water partition coefficient (Wildman–Crippen LogP) is 3.02. The van der Waals surface area contributed by atoms with Gasteiger partial charge < -0.3 is 11.1 Å². The van der Waals surface area contributed by atoms with Gasteiger partial charge in [0.1, 0.15) is 0 Å². The van der Waals surface area contributed by atoms with Crippen LogP contribution in [0.4, 0.5) is 0 Å². The molecule has 5 heteroatoms. The van der Waals surface area contributed by atoms with Crippen LogP contribution in [0.15, 0.2) is 10.8 Å². The van der Waals surface area contributed by atoms with Gasteiger partial charge in [0, 0.05) is 5.38 Å². The summed E-state index contributed by atoms with van der Waals surface area (Å²) in [5.74, 6) is 0.344. The summed E-state index contributed by atoms with van der Waals surface area (Å²) in [5, 5.41) is 6.89. The Morgan fingerprint density at radius 1 is 1.42 bits per heavy atom. The molecule has 1 saturated carbocycles. The number of amides is 1. The fourth-order valence-electron chi connectivity index (χ4n) is 2.70. The van der Waals surface area contributed by atoms with Crippen molar-refractivity contribution in [1.29, 1.82) is 0 Å². The van der Waals surface area contributed by atoms with Crippen molar-refractivity contribution in [1.82, 2.24) is 5.32 Å². The predicted molar refractivity (Wildman–Crippen MR) is 83.7 cm³/mol. The third-order valence-electron chi connectivity index (χ3n) is 3.81. The monoisotopic (exact) mass is 296 g/mol. The number of nitrogens with one attached hydrogen (secondary N) is 1. The summed E-state index contributed by atoms with van der Waals surface area (Å²) in [5.41, 5.74) is 7.57. The van der Waals surface area contributed by atoms with E-state index in [-0.39, 0.29) is 11.9 Å². The Morgan fingerprint density at radius 2 is 2.11 bits per heavy atom. The van der Waals surface area contributed by atoms with Crippen molar-refractivity contribution in [3.8, 4) is 0 Å². The zero-order chi connectivity index (χ0) is 13.8. The smallest absolute Gasteiger partial charge is 0.252 e. The number of thiophene rings is 1. The molecule has 1 atom stereocenters. The molecule has 1 amide bonds. The second-order valence-electron chi connectivity index (χ2n) is 5.22. The highest BCUT2D eigenvalue weighted by Gasteiger charge is 2.27. The lowest BCUT2D eigenvalue weighted by molar-refractivity contribution is 0.0932. The second-order valence-corrected chi connectivity index (χ2v) is 6.44. The van der Waals surface area contributed by atoms with E-state index in [2.05, 4.69) is 5.32 Å². The molecule has 1 aliphatic rings. The lowest BCUT2D eigenvalue weighted by Gasteiger charge is -2.30. The molecule has 0 saturated heterocycles. The molecule has 0 aliphatic heterocycles. The SMILES string of the molecule is Cc1cscc1C(=O)NC(C(N)=S)C1CCCCC1. The highest BCUT2D eigenvalue weighted by molar-refractivity contribution is 7.80. The Morgan fingerprint density at radius 3 is 2.63 bits per heavy atom. The van der Waals surface area contributed by atoms with Gasteiger partial charge in [-0.15, -0.1) is 0 Å². The number of hydrogen-bond donors (Lipinski definition) is 2. The molecule has 3 nitrogen and oxygen atoms in total. The van der Waals surface area contributed by atoms with Crippen molar-refractivity contribution >= 4 is 34.5 Å². The zero-order valence-electron chi connectivity index (χ0n) is 11.1. The normalized spacial score (nSPS) is 17.9. The molecule has 0 aromatic carbocycles. The van der Waals surface area contributed by atoms with Gasteiger partial charge in [0.2, 0.25) is 0 Å². The molecule has 104 valence electrons. The molecule has 0 bridgehead atoms. The lowest BCUT2D eigenvalue weighted by atomic mass is 9.83. The van der Waals surface area contributed by atoms with Crippen LogP contribution in [0.2, 0.25) is 0 Å². The van der Waals surface area contributed by atoms with Crippen LogP contribution in [0.5, 0.6) is 0 Å². The number of aryl methyl sites for hydroxylation is 1. The fourth-order valence-corrected chi connectivity index (χ4v) is 3.78. The van der Waals surface area contributed by atoms with E-state index < -0.39 is 0 Å². The first-order valence-corrected chi connectivity index (χ1v) is 8.07. The van der Waals surface area contributed by atoms with Crippen LogP contribution in [0.1, 0.15) is 48.0 Å². The first-order valence-electron chi connectivity index (χ1n) is 6.72. The molecule has 1 aromatic heterocycles. The van der Waals surface area contributed by atoms with Crippen LogP contribution in [0.25, 0.3) is 0 Å². The van der Waals surface area contributed by atoms with Crippen LogP contribution >= 0.6 is 23.6 Å². The number of nitrogens with two attached hydrogens (primary N) is 1. The van der Waals surface area contributed by atoms with Gasteiger partial charge in [-0.1, -0.05) is 31.5 Å². The maximum atomic E-state index is 12.3. The molecule has 1 aliphatic carbocycles. The molecule has 0 spiro atoms. The van der Waals surface area contributed by atoms with Gasteiger partial charge in [-0.05, 0) is 36.6 Å². The number of thiocarbonyl (C=S) groups is 1. The van der Waals surface area contributed by atoms with Crippen molar-refractivity contribution in [2.75, 3.05) is 0 Å². The van der Waals surface area contributed by atoms with E-state index in [1.807, 2.05) is 17.7 Å². The van der Waals surface area contributed by atoms with Gasteiger partial charge >= 0.3 is 0 Å². The van der Waals surface area contributed by atoms with Crippen molar-refractivity contribution in [2.24, 2.45) is 11.7 Å². The Bertz CT molecular complexity index is 464. The van der Waals surface area contributed by atoms with Crippen molar-refractivity contribution in [3.63, 3.8) is 0 Å². The average Bonchev–Trinajstić information content (AvgIpc) is 2.82.